The summed E-state index contributed by atoms with van der Waals surface area (Å²) in [5, 5.41) is 2.78. The third kappa shape index (κ3) is 4.19. The van der Waals surface area contributed by atoms with Crippen molar-refractivity contribution in [1.82, 2.24) is 5.32 Å². The summed E-state index contributed by atoms with van der Waals surface area (Å²) in [5.74, 6) is -0.697. The molecule has 0 spiro atoms. The molecule has 0 unspecified atom stereocenters. The third-order valence-electron chi connectivity index (χ3n) is 4.46. The van der Waals surface area contributed by atoms with E-state index in [0.717, 1.165) is 5.56 Å². The van der Waals surface area contributed by atoms with Gasteiger partial charge < -0.3 is 19.5 Å². The van der Waals surface area contributed by atoms with Crippen molar-refractivity contribution in [3.63, 3.8) is 0 Å². The maximum atomic E-state index is 13.0. The molecule has 1 heterocycles. The van der Waals surface area contributed by atoms with Crippen LogP contribution in [0.2, 0.25) is 0 Å². The van der Waals surface area contributed by atoms with Gasteiger partial charge in [0.2, 0.25) is 5.91 Å². The van der Waals surface area contributed by atoms with E-state index in [1.807, 2.05) is 0 Å². The van der Waals surface area contributed by atoms with Crippen LogP contribution in [0.5, 0.6) is 11.5 Å². The molecule has 6 nitrogen and oxygen atoms in total. The molecule has 2 aromatic carbocycles. The SMILES string of the molecule is COc1ccc([C@@H]2OC(=O)C[C@@H]2C(=O)NCc2ccc(F)cc2)cc1OC. The molecule has 7 heteroatoms. The molecule has 1 amide bonds. The van der Waals surface area contributed by atoms with Crippen molar-refractivity contribution in [1.29, 1.82) is 0 Å². The second-order valence-electron chi connectivity index (χ2n) is 6.18. The Morgan fingerprint density at radius 1 is 1.15 bits per heavy atom. The van der Waals surface area contributed by atoms with E-state index < -0.39 is 18.0 Å². The highest BCUT2D eigenvalue weighted by Crippen LogP contribution is 2.39. The zero-order valence-electron chi connectivity index (χ0n) is 15.0. The molecule has 1 N–H and O–H groups in total. The number of esters is 1. The first-order valence-electron chi connectivity index (χ1n) is 8.45. The molecule has 0 radical (unpaired) electrons. The fourth-order valence-corrected chi connectivity index (χ4v) is 3.04. The third-order valence-corrected chi connectivity index (χ3v) is 4.46. The van der Waals surface area contributed by atoms with Crippen molar-refractivity contribution in [3.05, 3.63) is 59.4 Å². The van der Waals surface area contributed by atoms with Crippen molar-refractivity contribution < 1.29 is 28.2 Å². The van der Waals surface area contributed by atoms with Gasteiger partial charge in [0.05, 0.1) is 26.6 Å². The molecule has 0 saturated carbocycles. The van der Waals surface area contributed by atoms with Crippen LogP contribution < -0.4 is 14.8 Å². The predicted molar refractivity (Wildman–Crippen MR) is 94.7 cm³/mol. The van der Waals surface area contributed by atoms with Crippen LogP contribution in [0, 0.1) is 11.7 Å². The molecule has 0 aliphatic carbocycles. The van der Waals surface area contributed by atoms with Crippen LogP contribution in [-0.2, 0) is 20.9 Å². The van der Waals surface area contributed by atoms with Crippen molar-refractivity contribution in [2.75, 3.05) is 14.2 Å². The normalized spacial score (nSPS) is 18.7. The number of hydrogen-bond acceptors (Lipinski definition) is 5. The lowest BCUT2D eigenvalue weighted by Crippen LogP contribution is -2.32. The standard InChI is InChI=1S/C20H20FNO5/c1-25-16-8-5-13(9-17(16)26-2)19-15(10-18(23)27-19)20(24)22-11-12-3-6-14(21)7-4-12/h3-9,15,19H,10-11H2,1-2H3,(H,22,24)/t15-,19-/m0/s1. The van der Waals surface area contributed by atoms with Gasteiger partial charge in [0.25, 0.3) is 0 Å². The number of carbonyl (C=O) groups is 2. The number of cyclic esters (lactones) is 1. The molecule has 2 aromatic rings. The second kappa shape index (κ2) is 8.07. The van der Waals surface area contributed by atoms with Gasteiger partial charge in [-0.15, -0.1) is 0 Å². The Balaban J connectivity index is 1.74. The van der Waals surface area contributed by atoms with Gasteiger partial charge in [-0.25, -0.2) is 4.39 Å². The zero-order valence-corrected chi connectivity index (χ0v) is 15.0. The number of methoxy groups -OCH3 is 2. The van der Waals surface area contributed by atoms with E-state index in [1.165, 1.54) is 26.4 Å². The van der Waals surface area contributed by atoms with Gasteiger partial charge in [0.1, 0.15) is 11.9 Å². The Hall–Kier alpha value is -3.09. The minimum atomic E-state index is -0.703. The van der Waals surface area contributed by atoms with Gasteiger partial charge >= 0.3 is 5.97 Å². The number of ether oxygens (including phenoxy) is 3. The lowest BCUT2D eigenvalue weighted by atomic mass is 9.94. The van der Waals surface area contributed by atoms with E-state index in [-0.39, 0.29) is 24.7 Å². The topological polar surface area (TPSA) is 73.9 Å². The Labute approximate surface area is 156 Å². The monoisotopic (exact) mass is 373 g/mol. The van der Waals surface area contributed by atoms with Gasteiger partial charge in [0.15, 0.2) is 11.5 Å². The van der Waals surface area contributed by atoms with E-state index in [9.17, 15) is 14.0 Å². The Bertz CT molecular complexity index is 837. The number of benzene rings is 2. The van der Waals surface area contributed by atoms with Crippen LogP contribution in [0.4, 0.5) is 4.39 Å². The molecule has 1 aliphatic heterocycles. The molecule has 1 saturated heterocycles. The number of rotatable bonds is 6. The lowest BCUT2D eigenvalue weighted by molar-refractivity contribution is -0.141. The summed E-state index contributed by atoms with van der Waals surface area (Å²) >= 11 is 0. The van der Waals surface area contributed by atoms with Crippen LogP contribution in [0.25, 0.3) is 0 Å². The molecule has 0 aromatic heterocycles. The van der Waals surface area contributed by atoms with Gasteiger partial charge in [-0.1, -0.05) is 18.2 Å². The number of carbonyl (C=O) groups excluding carboxylic acids is 2. The van der Waals surface area contributed by atoms with E-state index in [4.69, 9.17) is 14.2 Å². The maximum Gasteiger partial charge on any atom is 0.307 e. The van der Waals surface area contributed by atoms with E-state index in [0.29, 0.717) is 17.1 Å². The molecule has 27 heavy (non-hydrogen) atoms. The van der Waals surface area contributed by atoms with Crippen molar-refractivity contribution in [2.24, 2.45) is 5.92 Å². The Morgan fingerprint density at radius 2 is 1.85 bits per heavy atom. The highest BCUT2D eigenvalue weighted by Gasteiger charge is 2.41. The second-order valence-corrected chi connectivity index (χ2v) is 6.18. The van der Waals surface area contributed by atoms with E-state index in [1.54, 1.807) is 30.3 Å². The summed E-state index contributed by atoms with van der Waals surface area (Å²) < 4.78 is 28.8. The quantitative estimate of drug-likeness (QED) is 0.788. The molecule has 3 rings (SSSR count). The summed E-state index contributed by atoms with van der Waals surface area (Å²) in [7, 11) is 3.04. The fourth-order valence-electron chi connectivity index (χ4n) is 3.04. The highest BCUT2D eigenvalue weighted by molar-refractivity contribution is 5.87. The molecule has 1 aliphatic rings. The van der Waals surface area contributed by atoms with Gasteiger partial charge in [-0.2, -0.15) is 0 Å². The number of amides is 1. The summed E-state index contributed by atoms with van der Waals surface area (Å²) in [6.45, 7) is 0.239. The summed E-state index contributed by atoms with van der Waals surface area (Å²) in [6, 6.07) is 11.0. The van der Waals surface area contributed by atoms with E-state index in [2.05, 4.69) is 5.32 Å². The zero-order chi connectivity index (χ0) is 19.4. The molecule has 1 fully saturated rings. The van der Waals surface area contributed by atoms with Crippen LogP contribution in [0.1, 0.15) is 23.7 Å². The fraction of sp³-hybridized carbons (Fsp3) is 0.300. The molecular weight excluding hydrogens is 353 g/mol. The Kier molecular flexibility index (Phi) is 5.59. The van der Waals surface area contributed by atoms with Crippen LogP contribution in [0.3, 0.4) is 0 Å². The first kappa shape index (κ1) is 18.7. The number of halogens is 1. The average molecular weight is 373 g/mol. The van der Waals surface area contributed by atoms with Crippen molar-refractivity contribution >= 4 is 11.9 Å². The summed E-state index contributed by atoms with van der Waals surface area (Å²) in [5.41, 5.74) is 1.41. The number of nitrogens with one attached hydrogen (secondary N) is 1. The van der Waals surface area contributed by atoms with Crippen LogP contribution in [-0.4, -0.2) is 26.1 Å². The Morgan fingerprint density at radius 3 is 2.52 bits per heavy atom. The van der Waals surface area contributed by atoms with Crippen LogP contribution in [0.15, 0.2) is 42.5 Å². The maximum absolute atomic E-state index is 13.0. The van der Waals surface area contributed by atoms with Crippen molar-refractivity contribution in [2.45, 2.75) is 19.1 Å². The van der Waals surface area contributed by atoms with Crippen molar-refractivity contribution in [3.8, 4) is 11.5 Å². The summed E-state index contributed by atoms with van der Waals surface area (Å²) in [4.78, 5) is 24.5. The first-order valence-corrected chi connectivity index (χ1v) is 8.45. The minimum Gasteiger partial charge on any atom is -0.493 e. The largest absolute Gasteiger partial charge is 0.493 e. The lowest BCUT2D eigenvalue weighted by Gasteiger charge is -2.19. The predicted octanol–water partition coefficient (Wildman–Crippen LogP) is 2.76. The molecule has 142 valence electrons. The number of hydrogen-bond donors (Lipinski definition) is 1. The van der Waals surface area contributed by atoms with Gasteiger partial charge in [-0.3, -0.25) is 9.59 Å². The average Bonchev–Trinajstić information content (AvgIpc) is 3.08. The van der Waals surface area contributed by atoms with E-state index >= 15 is 0 Å². The first-order chi connectivity index (χ1) is 13.0. The van der Waals surface area contributed by atoms with Gasteiger partial charge in [0, 0.05) is 6.54 Å². The van der Waals surface area contributed by atoms with Crippen LogP contribution >= 0.6 is 0 Å². The summed E-state index contributed by atoms with van der Waals surface area (Å²) in [6.07, 6.45) is -0.709. The highest BCUT2D eigenvalue weighted by atomic mass is 19.1. The molecular formula is C20H20FNO5. The molecule has 2 atom stereocenters. The van der Waals surface area contributed by atoms with Gasteiger partial charge in [-0.05, 0) is 35.4 Å². The molecule has 0 bridgehead atoms. The smallest absolute Gasteiger partial charge is 0.307 e. The minimum absolute atomic E-state index is 0.00569.